The van der Waals surface area contributed by atoms with Gasteiger partial charge in [-0.15, -0.1) is 0 Å². The lowest BCUT2D eigenvalue weighted by atomic mass is 10.2. The number of hydrogen-bond donors (Lipinski definition) is 3. The summed E-state index contributed by atoms with van der Waals surface area (Å²) in [4.78, 5) is 11.9. The molecule has 3 N–H and O–H groups in total. The topological polar surface area (TPSA) is 95.5 Å². The second-order valence-corrected chi connectivity index (χ2v) is 7.19. The molecule has 0 saturated carbocycles. The number of thioether (sulfide) groups is 1. The Morgan fingerprint density at radius 1 is 1.37 bits per heavy atom. The second-order valence-electron chi connectivity index (χ2n) is 4.16. The maximum Gasteiger partial charge on any atom is 0.238 e. The minimum absolute atomic E-state index is 0.0619. The number of carbonyl (C=O) groups excluding carboxylic acids is 1. The van der Waals surface area contributed by atoms with E-state index < -0.39 is 28.1 Å². The lowest BCUT2D eigenvalue weighted by Gasteiger charge is -2.18. The van der Waals surface area contributed by atoms with E-state index in [1.54, 1.807) is 11.8 Å². The molecular formula is C11H24N2O4S2. The van der Waals surface area contributed by atoms with Crippen molar-refractivity contribution in [2.45, 2.75) is 38.8 Å². The Kier molecular flexibility index (Phi) is 9.42. The van der Waals surface area contributed by atoms with Gasteiger partial charge in [0, 0.05) is 6.54 Å². The quantitative estimate of drug-likeness (QED) is 0.525. The molecule has 8 heteroatoms. The predicted molar refractivity (Wildman–Crippen MR) is 78.7 cm³/mol. The van der Waals surface area contributed by atoms with Crippen molar-refractivity contribution in [1.29, 1.82) is 0 Å². The SMILES string of the molecule is CCC(O)CNC(=O)C(CCSC)NS(=O)(=O)CC. The zero-order valence-electron chi connectivity index (χ0n) is 11.7. The number of nitrogens with one attached hydrogen (secondary N) is 2. The highest BCUT2D eigenvalue weighted by Gasteiger charge is 2.23. The second kappa shape index (κ2) is 9.57. The fourth-order valence-corrected chi connectivity index (χ4v) is 2.56. The van der Waals surface area contributed by atoms with Crippen molar-refractivity contribution < 1.29 is 18.3 Å². The predicted octanol–water partition coefficient (Wildman–Crippen LogP) is -0.0655. The molecule has 0 aromatic heterocycles. The summed E-state index contributed by atoms with van der Waals surface area (Å²) < 4.78 is 25.4. The third-order valence-corrected chi connectivity index (χ3v) is 4.66. The Labute approximate surface area is 119 Å². The summed E-state index contributed by atoms with van der Waals surface area (Å²) in [5.41, 5.74) is 0. The van der Waals surface area contributed by atoms with Crippen LogP contribution in [0.4, 0.5) is 0 Å². The van der Waals surface area contributed by atoms with Gasteiger partial charge in [-0.25, -0.2) is 13.1 Å². The Morgan fingerprint density at radius 2 is 2.00 bits per heavy atom. The first-order valence-corrected chi connectivity index (χ1v) is 9.35. The van der Waals surface area contributed by atoms with E-state index in [9.17, 15) is 18.3 Å². The van der Waals surface area contributed by atoms with Crippen molar-refractivity contribution in [2.24, 2.45) is 0 Å². The minimum atomic E-state index is -3.42. The van der Waals surface area contributed by atoms with E-state index in [0.717, 1.165) is 0 Å². The van der Waals surface area contributed by atoms with Crippen LogP contribution in [0.2, 0.25) is 0 Å². The van der Waals surface area contributed by atoms with Gasteiger partial charge in [0.05, 0.1) is 11.9 Å². The van der Waals surface area contributed by atoms with Crippen molar-refractivity contribution >= 4 is 27.7 Å². The molecule has 0 aliphatic rings. The summed E-state index contributed by atoms with van der Waals surface area (Å²) in [7, 11) is -3.42. The summed E-state index contributed by atoms with van der Waals surface area (Å²) >= 11 is 1.55. The van der Waals surface area contributed by atoms with E-state index in [4.69, 9.17) is 0 Å². The van der Waals surface area contributed by atoms with E-state index in [-0.39, 0.29) is 12.3 Å². The summed E-state index contributed by atoms with van der Waals surface area (Å²) in [6, 6.07) is -0.776. The van der Waals surface area contributed by atoms with Gasteiger partial charge >= 0.3 is 0 Å². The number of amides is 1. The highest BCUT2D eigenvalue weighted by Crippen LogP contribution is 2.03. The van der Waals surface area contributed by atoms with Crippen LogP contribution in [0.25, 0.3) is 0 Å². The third-order valence-electron chi connectivity index (χ3n) is 2.61. The normalized spacial score (nSPS) is 14.9. The van der Waals surface area contributed by atoms with Gasteiger partial charge in [0.2, 0.25) is 15.9 Å². The van der Waals surface area contributed by atoms with Gasteiger partial charge in [0.1, 0.15) is 6.04 Å². The van der Waals surface area contributed by atoms with Crippen molar-refractivity contribution in [1.82, 2.24) is 10.0 Å². The smallest absolute Gasteiger partial charge is 0.238 e. The molecule has 0 aliphatic heterocycles. The molecule has 0 aromatic rings. The van der Waals surface area contributed by atoms with Crippen LogP contribution in [-0.4, -0.2) is 55.9 Å². The lowest BCUT2D eigenvalue weighted by molar-refractivity contribution is -0.123. The monoisotopic (exact) mass is 312 g/mol. The Bertz CT molecular complexity index is 360. The largest absolute Gasteiger partial charge is 0.391 e. The van der Waals surface area contributed by atoms with Gasteiger partial charge in [-0.05, 0) is 31.8 Å². The van der Waals surface area contributed by atoms with Gasteiger partial charge in [-0.3, -0.25) is 4.79 Å². The van der Waals surface area contributed by atoms with Crippen molar-refractivity contribution in [2.75, 3.05) is 24.3 Å². The molecule has 0 saturated heterocycles. The summed E-state index contributed by atoms with van der Waals surface area (Å²) in [6.45, 7) is 3.47. The molecule has 0 rings (SSSR count). The number of carbonyl (C=O) groups is 1. The summed E-state index contributed by atoms with van der Waals surface area (Å²) in [5, 5.41) is 11.9. The molecule has 2 atom stereocenters. The number of aliphatic hydroxyl groups is 1. The first kappa shape index (κ1) is 18.7. The zero-order chi connectivity index (χ0) is 14.9. The maximum atomic E-state index is 11.9. The Hall–Kier alpha value is -0.310. The Morgan fingerprint density at radius 3 is 2.47 bits per heavy atom. The van der Waals surface area contributed by atoms with Crippen LogP contribution in [-0.2, 0) is 14.8 Å². The van der Waals surface area contributed by atoms with E-state index in [1.807, 2.05) is 13.2 Å². The molecule has 0 bridgehead atoms. The molecule has 1 amide bonds. The van der Waals surface area contributed by atoms with Crippen LogP contribution < -0.4 is 10.0 Å². The van der Waals surface area contributed by atoms with Crippen molar-refractivity contribution in [3.63, 3.8) is 0 Å². The average molecular weight is 312 g/mol. The number of sulfonamides is 1. The highest BCUT2D eigenvalue weighted by molar-refractivity contribution is 7.98. The fourth-order valence-electron chi connectivity index (χ4n) is 1.27. The van der Waals surface area contributed by atoms with Crippen molar-refractivity contribution in [3.8, 4) is 0 Å². The maximum absolute atomic E-state index is 11.9. The molecular weight excluding hydrogens is 288 g/mol. The van der Waals surface area contributed by atoms with Crippen LogP contribution in [0.15, 0.2) is 0 Å². The number of rotatable bonds is 10. The van der Waals surface area contributed by atoms with Crippen LogP contribution >= 0.6 is 11.8 Å². The van der Waals surface area contributed by atoms with Gasteiger partial charge in [-0.1, -0.05) is 6.92 Å². The van der Waals surface area contributed by atoms with E-state index in [0.29, 0.717) is 18.6 Å². The standard InChI is InChI=1S/C11H24N2O4S2/c1-4-9(14)8-12-11(15)10(6-7-18-3)13-19(16,17)5-2/h9-10,13-14H,4-8H2,1-3H3,(H,12,15). The van der Waals surface area contributed by atoms with Crippen LogP contribution in [0.3, 0.4) is 0 Å². The molecule has 6 nitrogen and oxygen atoms in total. The average Bonchev–Trinajstić information content (AvgIpc) is 2.40. The van der Waals surface area contributed by atoms with E-state index in [1.165, 1.54) is 6.92 Å². The molecule has 0 aliphatic carbocycles. The van der Waals surface area contributed by atoms with Crippen LogP contribution in [0, 0.1) is 0 Å². The Balaban J connectivity index is 4.51. The number of aliphatic hydroxyl groups excluding tert-OH is 1. The highest BCUT2D eigenvalue weighted by atomic mass is 32.2. The van der Waals surface area contributed by atoms with E-state index >= 15 is 0 Å². The molecule has 0 fully saturated rings. The lowest BCUT2D eigenvalue weighted by Crippen LogP contribution is -2.48. The van der Waals surface area contributed by atoms with Crippen LogP contribution in [0.5, 0.6) is 0 Å². The molecule has 114 valence electrons. The van der Waals surface area contributed by atoms with Crippen molar-refractivity contribution in [3.05, 3.63) is 0 Å². The zero-order valence-corrected chi connectivity index (χ0v) is 13.3. The van der Waals surface area contributed by atoms with E-state index in [2.05, 4.69) is 10.0 Å². The van der Waals surface area contributed by atoms with Gasteiger partial charge in [0.15, 0.2) is 0 Å². The molecule has 0 aromatic carbocycles. The molecule has 0 heterocycles. The minimum Gasteiger partial charge on any atom is -0.391 e. The summed E-state index contributed by atoms with van der Waals surface area (Å²) in [5.74, 6) is 0.229. The van der Waals surface area contributed by atoms with Gasteiger partial charge in [0.25, 0.3) is 0 Å². The summed E-state index contributed by atoms with van der Waals surface area (Å²) in [6.07, 6.45) is 2.25. The van der Waals surface area contributed by atoms with Gasteiger partial charge < -0.3 is 10.4 Å². The molecule has 19 heavy (non-hydrogen) atoms. The number of hydrogen-bond acceptors (Lipinski definition) is 5. The van der Waals surface area contributed by atoms with Gasteiger partial charge in [-0.2, -0.15) is 11.8 Å². The third kappa shape index (κ3) is 8.46. The first-order valence-electron chi connectivity index (χ1n) is 6.31. The first-order chi connectivity index (χ1) is 8.86. The molecule has 0 radical (unpaired) electrons. The van der Waals surface area contributed by atoms with Crippen LogP contribution in [0.1, 0.15) is 26.7 Å². The molecule has 0 spiro atoms. The molecule has 2 unspecified atom stereocenters. The fraction of sp³-hybridized carbons (Fsp3) is 0.909.